The molecule has 0 aliphatic carbocycles. The number of benzene rings is 1. The van der Waals surface area contributed by atoms with E-state index in [0.29, 0.717) is 5.92 Å². The standard InChI is InChI=1S/C13H18O2/c1-9(2)10-5-6-11(12(7-10)14-4)13(3)8-15-13/h5-7,9H,8H2,1-4H3. The van der Waals surface area contributed by atoms with Gasteiger partial charge in [0.15, 0.2) is 0 Å². The largest absolute Gasteiger partial charge is 0.496 e. The first-order chi connectivity index (χ1) is 7.07. The molecule has 0 saturated carbocycles. The normalized spacial score (nSPS) is 24.3. The Balaban J connectivity index is 2.40. The minimum absolute atomic E-state index is 0.110. The van der Waals surface area contributed by atoms with Crippen molar-refractivity contribution in [3.8, 4) is 5.75 Å². The molecule has 1 aromatic rings. The van der Waals surface area contributed by atoms with Crippen molar-refractivity contribution < 1.29 is 9.47 Å². The van der Waals surface area contributed by atoms with Gasteiger partial charge in [-0.05, 0) is 24.5 Å². The van der Waals surface area contributed by atoms with Gasteiger partial charge in [0.1, 0.15) is 11.4 Å². The Hall–Kier alpha value is -1.02. The monoisotopic (exact) mass is 206 g/mol. The van der Waals surface area contributed by atoms with Gasteiger partial charge in [0.25, 0.3) is 0 Å². The molecule has 1 aliphatic rings. The summed E-state index contributed by atoms with van der Waals surface area (Å²) in [6.45, 7) is 7.26. The van der Waals surface area contributed by atoms with E-state index >= 15 is 0 Å². The molecule has 1 atom stereocenters. The second-order valence-electron chi connectivity index (χ2n) is 4.63. The molecule has 82 valence electrons. The highest BCUT2D eigenvalue weighted by Gasteiger charge is 2.43. The molecular weight excluding hydrogens is 188 g/mol. The SMILES string of the molecule is COc1cc(C(C)C)ccc1C1(C)CO1. The number of hydrogen-bond donors (Lipinski definition) is 0. The molecule has 1 heterocycles. The molecule has 0 radical (unpaired) electrons. The van der Waals surface area contributed by atoms with Crippen molar-refractivity contribution in [2.75, 3.05) is 13.7 Å². The van der Waals surface area contributed by atoms with Gasteiger partial charge in [0, 0.05) is 5.56 Å². The number of rotatable bonds is 3. The van der Waals surface area contributed by atoms with Gasteiger partial charge in [-0.2, -0.15) is 0 Å². The van der Waals surface area contributed by atoms with Crippen LogP contribution in [0, 0.1) is 0 Å². The Morgan fingerprint density at radius 1 is 1.40 bits per heavy atom. The molecule has 0 amide bonds. The molecule has 1 aliphatic heterocycles. The van der Waals surface area contributed by atoms with Crippen molar-refractivity contribution in [2.45, 2.75) is 32.3 Å². The fourth-order valence-electron chi connectivity index (χ4n) is 1.77. The molecule has 15 heavy (non-hydrogen) atoms. The zero-order valence-corrected chi connectivity index (χ0v) is 9.83. The molecule has 0 bridgehead atoms. The molecule has 0 N–H and O–H groups in total. The van der Waals surface area contributed by atoms with Crippen molar-refractivity contribution in [1.82, 2.24) is 0 Å². The maximum absolute atomic E-state index is 5.44. The van der Waals surface area contributed by atoms with Crippen LogP contribution >= 0.6 is 0 Å². The van der Waals surface area contributed by atoms with Gasteiger partial charge >= 0.3 is 0 Å². The van der Waals surface area contributed by atoms with E-state index < -0.39 is 0 Å². The first-order valence-electron chi connectivity index (χ1n) is 5.39. The van der Waals surface area contributed by atoms with Gasteiger partial charge in [-0.15, -0.1) is 0 Å². The third kappa shape index (κ3) is 1.86. The van der Waals surface area contributed by atoms with E-state index in [1.165, 1.54) is 5.56 Å². The summed E-state index contributed by atoms with van der Waals surface area (Å²) >= 11 is 0. The lowest BCUT2D eigenvalue weighted by Gasteiger charge is -2.14. The Bertz CT molecular complexity index is 365. The highest BCUT2D eigenvalue weighted by molar-refractivity contribution is 5.43. The van der Waals surface area contributed by atoms with E-state index in [4.69, 9.17) is 9.47 Å². The van der Waals surface area contributed by atoms with Gasteiger partial charge in [0.2, 0.25) is 0 Å². The zero-order valence-electron chi connectivity index (χ0n) is 9.83. The van der Waals surface area contributed by atoms with Crippen LogP contribution in [0.3, 0.4) is 0 Å². The molecule has 0 spiro atoms. The summed E-state index contributed by atoms with van der Waals surface area (Å²) in [7, 11) is 1.72. The Morgan fingerprint density at radius 3 is 2.53 bits per heavy atom. The predicted octanol–water partition coefficient (Wildman–Crippen LogP) is 3.06. The highest BCUT2D eigenvalue weighted by Crippen LogP contribution is 2.43. The molecule has 0 aromatic heterocycles. The molecule has 2 nitrogen and oxygen atoms in total. The van der Waals surface area contributed by atoms with Crippen LogP contribution in [0.1, 0.15) is 37.8 Å². The first kappa shape index (κ1) is 10.5. The van der Waals surface area contributed by atoms with E-state index in [1.807, 2.05) is 0 Å². The maximum atomic E-state index is 5.44. The Morgan fingerprint density at radius 2 is 2.07 bits per heavy atom. The van der Waals surface area contributed by atoms with Crippen LogP contribution in [0.25, 0.3) is 0 Å². The highest BCUT2D eigenvalue weighted by atomic mass is 16.6. The summed E-state index contributed by atoms with van der Waals surface area (Å²) in [6, 6.07) is 6.41. The van der Waals surface area contributed by atoms with Crippen molar-refractivity contribution in [2.24, 2.45) is 0 Å². The topological polar surface area (TPSA) is 21.8 Å². The lowest BCUT2D eigenvalue weighted by atomic mass is 9.95. The van der Waals surface area contributed by atoms with Gasteiger partial charge in [0.05, 0.1) is 13.7 Å². The molecule has 1 unspecified atom stereocenters. The molecule has 1 saturated heterocycles. The van der Waals surface area contributed by atoms with E-state index in [9.17, 15) is 0 Å². The number of methoxy groups -OCH3 is 1. The fraction of sp³-hybridized carbons (Fsp3) is 0.538. The van der Waals surface area contributed by atoms with E-state index in [-0.39, 0.29) is 5.60 Å². The first-order valence-corrected chi connectivity index (χ1v) is 5.39. The number of ether oxygens (including phenoxy) is 2. The average Bonchev–Trinajstić information content (AvgIpc) is 2.96. The fourth-order valence-corrected chi connectivity index (χ4v) is 1.77. The summed E-state index contributed by atoms with van der Waals surface area (Å²) in [5.41, 5.74) is 2.36. The third-order valence-corrected chi connectivity index (χ3v) is 3.04. The van der Waals surface area contributed by atoms with Crippen molar-refractivity contribution in [3.63, 3.8) is 0 Å². The van der Waals surface area contributed by atoms with Crippen LogP contribution in [0.5, 0.6) is 5.75 Å². The quantitative estimate of drug-likeness (QED) is 0.709. The lowest BCUT2D eigenvalue weighted by molar-refractivity contribution is 0.316. The van der Waals surface area contributed by atoms with E-state index in [2.05, 4.69) is 39.0 Å². The smallest absolute Gasteiger partial charge is 0.125 e. The van der Waals surface area contributed by atoms with Crippen molar-refractivity contribution in [1.29, 1.82) is 0 Å². The van der Waals surface area contributed by atoms with Gasteiger partial charge in [-0.3, -0.25) is 0 Å². The second kappa shape index (κ2) is 3.53. The number of hydrogen-bond acceptors (Lipinski definition) is 2. The molecular formula is C13H18O2. The minimum Gasteiger partial charge on any atom is -0.496 e. The van der Waals surface area contributed by atoms with Crippen LogP contribution in [0.4, 0.5) is 0 Å². The second-order valence-corrected chi connectivity index (χ2v) is 4.63. The van der Waals surface area contributed by atoms with E-state index in [1.54, 1.807) is 7.11 Å². The Labute approximate surface area is 91.2 Å². The minimum atomic E-state index is -0.110. The molecule has 1 fully saturated rings. The summed E-state index contributed by atoms with van der Waals surface area (Å²) in [5.74, 6) is 1.47. The van der Waals surface area contributed by atoms with Crippen LogP contribution in [-0.4, -0.2) is 13.7 Å². The molecule has 2 rings (SSSR count). The van der Waals surface area contributed by atoms with Crippen molar-refractivity contribution in [3.05, 3.63) is 29.3 Å². The Kier molecular flexibility index (Phi) is 2.47. The third-order valence-electron chi connectivity index (χ3n) is 3.04. The zero-order chi connectivity index (χ0) is 11.1. The molecule has 1 aromatic carbocycles. The van der Waals surface area contributed by atoms with Gasteiger partial charge in [-0.25, -0.2) is 0 Å². The van der Waals surface area contributed by atoms with Crippen LogP contribution < -0.4 is 4.74 Å². The number of epoxide rings is 1. The molecule has 2 heteroatoms. The summed E-state index contributed by atoms with van der Waals surface area (Å²) in [5, 5.41) is 0. The van der Waals surface area contributed by atoms with Crippen LogP contribution in [0.15, 0.2) is 18.2 Å². The van der Waals surface area contributed by atoms with Crippen LogP contribution in [-0.2, 0) is 10.3 Å². The van der Waals surface area contributed by atoms with Crippen LogP contribution in [0.2, 0.25) is 0 Å². The average molecular weight is 206 g/mol. The maximum Gasteiger partial charge on any atom is 0.125 e. The summed E-state index contributed by atoms with van der Waals surface area (Å²) in [6.07, 6.45) is 0. The summed E-state index contributed by atoms with van der Waals surface area (Å²) in [4.78, 5) is 0. The van der Waals surface area contributed by atoms with E-state index in [0.717, 1.165) is 17.9 Å². The van der Waals surface area contributed by atoms with Crippen molar-refractivity contribution >= 4 is 0 Å². The predicted molar refractivity (Wildman–Crippen MR) is 60.4 cm³/mol. The lowest BCUT2D eigenvalue weighted by Crippen LogP contribution is -2.05. The summed E-state index contributed by atoms with van der Waals surface area (Å²) < 4.78 is 10.9. The van der Waals surface area contributed by atoms with Gasteiger partial charge in [-0.1, -0.05) is 26.0 Å². The van der Waals surface area contributed by atoms with Gasteiger partial charge < -0.3 is 9.47 Å².